The summed E-state index contributed by atoms with van der Waals surface area (Å²) < 4.78 is 93.0. The van der Waals surface area contributed by atoms with Crippen LogP contribution in [0.15, 0.2) is 24.4 Å². The molecule has 3 rings (SSSR count). The highest BCUT2D eigenvalue weighted by Crippen LogP contribution is 2.36. The van der Waals surface area contributed by atoms with Crippen molar-refractivity contribution in [2.24, 2.45) is 0 Å². The predicted octanol–water partition coefficient (Wildman–Crippen LogP) is 5.02. The topological polar surface area (TPSA) is 58.1 Å². The van der Waals surface area contributed by atoms with Crippen molar-refractivity contribution in [3.05, 3.63) is 47.0 Å². The Labute approximate surface area is 165 Å². The second kappa shape index (κ2) is 7.73. The number of aromatic nitrogens is 2. The number of benzene rings is 1. The van der Waals surface area contributed by atoms with E-state index in [9.17, 15) is 35.5 Å². The fourth-order valence-corrected chi connectivity index (χ4v) is 2.91. The highest BCUT2D eigenvalue weighted by Gasteiger charge is 2.40. The van der Waals surface area contributed by atoms with Gasteiger partial charge in [0.15, 0.2) is 11.5 Å². The third kappa shape index (κ3) is 4.31. The number of nitrogens with one attached hydrogen (secondary N) is 1. The van der Waals surface area contributed by atoms with Gasteiger partial charge in [-0.2, -0.15) is 26.3 Å². The minimum Gasteiger partial charge on any atom is -0.339 e. The minimum absolute atomic E-state index is 0.185. The average Bonchev–Trinajstić information content (AvgIpc) is 2.59. The molecule has 1 N–H and O–H groups in total. The van der Waals surface area contributed by atoms with E-state index in [1.807, 2.05) is 5.32 Å². The molecule has 0 bridgehead atoms. The van der Waals surface area contributed by atoms with Crippen LogP contribution in [-0.4, -0.2) is 33.9 Å². The van der Waals surface area contributed by atoms with Crippen LogP contribution in [0, 0.1) is 5.82 Å². The fraction of sp³-hybridized carbons (Fsp3) is 0.389. The van der Waals surface area contributed by atoms with Crippen molar-refractivity contribution in [1.29, 1.82) is 0 Å². The molecule has 2 aromatic rings. The van der Waals surface area contributed by atoms with Gasteiger partial charge in [0.1, 0.15) is 0 Å². The lowest BCUT2D eigenvalue weighted by atomic mass is 9.91. The smallest absolute Gasteiger partial charge is 0.339 e. The maximum Gasteiger partial charge on any atom is 0.434 e. The van der Waals surface area contributed by atoms with Crippen molar-refractivity contribution in [3.8, 4) is 0 Å². The summed E-state index contributed by atoms with van der Waals surface area (Å²) in [5.74, 6) is -3.45. The number of nitrogens with zero attached hydrogens (tertiary/aromatic N) is 3. The van der Waals surface area contributed by atoms with Gasteiger partial charge >= 0.3 is 12.4 Å². The van der Waals surface area contributed by atoms with Crippen LogP contribution in [0.5, 0.6) is 0 Å². The first-order valence-electron chi connectivity index (χ1n) is 8.73. The van der Waals surface area contributed by atoms with Gasteiger partial charge in [-0.3, -0.25) is 4.79 Å². The molecule has 0 radical (unpaired) electrons. The summed E-state index contributed by atoms with van der Waals surface area (Å²) in [5.41, 5.74) is -4.73. The maximum absolute atomic E-state index is 14.1. The average molecular weight is 436 g/mol. The van der Waals surface area contributed by atoms with Crippen molar-refractivity contribution in [3.63, 3.8) is 0 Å². The van der Waals surface area contributed by atoms with Crippen molar-refractivity contribution in [2.75, 3.05) is 12.4 Å². The molecule has 162 valence electrons. The first-order chi connectivity index (χ1) is 13.9. The van der Waals surface area contributed by atoms with Crippen molar-refractivity contribution in [2.45, 2.75) is 37.7 Å². The molecule has 1 heterocycles. The van der Waals surface area contributed by atoms with Gasteiger partial charge < -0.3 is 10.2 Å². The number of anilines is 2. The first-order valence-corrected chi connectivity index (χ1v) is 8.73. The van der Waals surface area contributed by atoms with Crippen LogP contribution in [0.4, 0.5) is 42.4 Å². The Morgan fingerprint density at radius 2 is 1.80 bits per heavy atom. The quantitative estimate of drug-likeness (QED) is 0.684. The van der Waals surface area contributed by atoms with E-state index >= 15 is 0 Å². The Balaban J connectivity index is 1.96. The highest BCUT2D eigenvalue weighted by atomic mass is 19.4. The van der Waals surface area contributed by atoms with Gasteiger partial charge in [0, 0.05) is 19.3 Å². The number of rotatable bonds is 4. The molecule has 0 saturated heterocycles. The van der Waals surface area contributed by atoms with Crippen LogP contribution in [0.2, 0.25) is 0 Å². The molecule has 1 aromatic carbocycles. The van der Waals surface area contributed by atoms with E-state index in [1.165, 1.54) is 11.9 Å². The zero-order valence-corrected chi connectivity index (χ0v) is 15.4. The number of carbonyl (C=O) groups excluding carboxylic acids is 1. The van der Waals surface area contributed by atoms with Crippen LogP contribution in [0.25, 0.3) is 0 Å². The number of hydrogen-bond donors (Lipinski definition) is 1. The van der Waals surface area contributed by atoms with E-state index in [4.69, 9.17) is 0 Å². The van der Waals surface area contributed by atoms with Gasteiger partial charge in [0.25, 0.3) is 5.91 Å². The molecule has 30 heavy (non-hydrogen) atoms. The molecule has 1 aliphatic rings. The molecule has 0 unspecified atom stereocenters. The van der Waals surface area contributed by atoms with E-state index in [2.05, 4.69) is 9.97 Å². The summed E-state index contributed by atoms with van der Waals surface area (Å²) in [6.07, 6.45) is -7.23. The lowest BCUT2D eigenvalue weighted by Gasteiger charge is -2.35. The second-order valence-electron chi connectivity index (χ2n) is 6.74. The largest absolute Gasteiger partial charge is 0.434 e. The lowest BCUT2D eigenvalue weighted by molar-refractivity contribution is -0.141. The summed E-state index contributed by atoms with van der Waals surface area (Å²) in [6.45, 7) is 0. The van der Waals surface area contributed by atoms with Crippen LogP contribution in [0.3, 0.4) is 0 Å². The van der Waals surface area contributed by atoms with E-state index in [1.54, 1.807) is 0 Å². The molecule has 0 spiro atoms. The Bertz CT molecular complexity index is 955. The van der Waals surface area contributed by atoms with Crippen molar-refractivity contribution >= 4 is 17.5 Å². The van der Waals surface area contributed by atoms with Crippen LogP contribution in [0.1, 0.15) is 40.9 Å². The number of amides is 1. The molecule has 5 nitrogen and oxygen atoms in total. The van der Waals surface area contributed by atoms with Gasteiger partial charge in [-0.05, 0) is 31.4 Å². The Morgan fingerprint density at radius 1 is 1.13 bits per heavy atom. The van der Waals surface area contributed by atoms with E-state index in [0.717, 1.165) is 18.6 Å². The summed E-state index contributed by atoms with van der Waals surface area (Å²) in [4.78, 5) is 20.4. The number of carbonyl (C=O) groups is 1. The van der Waals surface area contributed by atoms with Gasteiger partial charge in [-0.1, -0.05) is 6.07 Å². The molecule has 1 aliphatic carbocycles. The molecule has 1 fully saturated rings. The van der Waals surface area contributed by atoms with Crippen molar-refractivity contribution in [1.82, 2.24) is 14.9 Å². The minimum atomic E-state index is -5.04. The third-order valence-electron chi connectivity index (χ3n) is 4.78. The van der Waals surface area contributed by atoms with Crippen LogP contribution < -0.4 is 5.32 Å². The summed E-state index contributed by atoms with van der Waals surface area (Å²) >= 11 is 0. The highest BCUT2D eigenvalue weighted by molar-refractivity contribution is 5.95. The molecule has 12 heteroatoms. The number of alkyl halides is 6. The van der Waals surface area contributed by atoms with Gasteiger partial charge in [0.2, 0.25) is 5.95 Å². The van der Waals surface area contributed by atoms with Crippen LogP contribution >= 0.6 is 0 Å². The summed E-state index contributed by atoms with van der Waals surface area (Å²) in [6, 6.07) is 2.07. The fourth-order valence-electron chi connectivity index (χ4n) is 2.91. The molecule has 0 atom stereocenters. The zero-order valence-electron chi connectivity index (χ0n) is 15.4. The Kier molecular flexibility index (Phi) is 5.61. The molecular weight excluding hydrogens is 421 g/mol. The standard InChI is InChI=1S/C18H15F7N4O/c1-29(9-4-2-5-9)15(30)10-8-26-16(28-14(10)18(23,24)25)27-12-7-3-6-11(13(12)19)17(20,21)22/h3,6-9H,2,4-5H2,1H3,(H,26,27,28). The molecule has 1 saturated carbocycles. The Morgan fingerprint density at radius 3 is 2.33 bits per heavy atom. The van der Waals surface area contributed by atoms with Gasteiger partial charge in [-0.25, -0.2) is 14.4 Å². The van der Waals surface area contributed by atoms with E-state index < -0.39 is 52.5 Å². The summed E-state index contributed by atoms with van der Waals surface area (Å²) in [5, 5.41) is 2.02. The van der Waals surface area contributed by atoms with E-state index in [-0.39, 0.29) is 6.04 Å². The number of hydrogen-bond acceptors (Lipinski definition) is 4. The first kappa shape index (κ1) is 21.8. The van der Waals surface area contributed by atoms with E-state index in [0.29, 0.717) is 25.1 Å². The normalized spacial score (nSPS) is 14.9. The predicted molar refractivity (Wildman–Crippen MR) is 91.5 cm³/mol. The molecule has 1 amide bonds. The maximum atomic E-state index is 14.1. The third-order valence-corrected chi connectivity index (χ3v) is 4.78. The monoisotopic (exact) mass is 436 g/mol. The molecule has 1 aromatic heterocycles. The Hall–Kier alpha value is -2.92. The van der Waals surface area contributed by atoms with Gasteiger partial charge in [-0.15, -0.1) is 0 Å². The van der Waals surface area contributed by atoms with Crippen molar-refractivity contribution < 1.29 is 35.5 Å². The number of halogens is 7. The van der Waals surface area contributed by atoms with Gasteiger partial charge in [0.05, 0.1) is 16.8 Å². The summed E-state index contributed by atoms with van der Waals surface area (Å²) in [7, 11) is 1.37. The SMILES string of the molecule is CN(C(=O)c1cnc(Nc2cccc(C(F)(F)F)c2F)nc1C(F)(F)F)C1CCC1. The van der Waals surface area contributed by atoms with Crippen LogP contribution in [-0.2, 0) is 12.4 Å². The lowest BCUT2D eigenvalue weighted by Crippen LogP contribution is -2.42. The second-order valence-corrected chi connectivity index (χ2v) is 6.74. The molecule has 0 aliphatic heterocycles. The zero-order chi connectivity index (χ0) is 22.3. The molecular formula is C18H15F7N4O.